The van der Waals surface area contributed by atoms with Gasteiger partial charge in [-0.2, -0.15) is 0 Å². The van der Waals surface area contributed by atoms with Gasteiger partial charge in [-0.25, -0.2) is 0 Å². The Kier molecular flexibility index (Phi) is 4.65. The summed E-state index contributed by atoms with van der Waals surface area (Å²) in [6.45, 7) is 2.14. The van der Waals surface area contributed by atoms with E-state index in [1.807, 2.05) is 12.3 Å². The van der Waals surface area contributed by atoms with E-state index in [0.29, 0.717) is 5.92 Å². The van der Waals surface area contributed by atoms with Gasteiger partial charge >= 0.3 is 0 Å². The minimum Gasteiger partial charge on any atom is -0.256 e. The van der Waals surface area contributed by atoms with E-state index in [9.17, 15) is 0 Å². The van der Waals surface area contributed by atoms with Crippen LogP contribution in [0.2, 0.25) is 0 Å². The molecule has 0 amide bonds. The number of rotatable bonds is 3. The Morgan fingerprint density at radius 2 is 1.60 bits per heavy atom. The summed E-state index contributed by atoms with van der Waals surface area (Å²) < 4.78 is 0. The monoisotopic (exact) mass is 327 g/mol. The third-order valence-electron chi connectivity index (χ3n) is 5.47. The molecule has 3 aromatic rings. The van der Waals surface area contributed by atoms with E-state index in [-0.39, 0.29) is 0 Å². The Morgan fingerprint density at radius 1 is 0.800 bits per heavy atom. The summed E-state index contributed by atoms with van der Waals surface area (Å²) in [5.74, 6) is 0.697. The Bertz CT molecular complexity index is 845. The maximum atomic E-state index is 4.63. The zero-order valence-electron chi connectivity index (χ0n) is 14.9. The molecule has 1 heteroatoms. The standard InChI is InChI=1S/C24H25N/c1-18-9-8-16-25-24(18)21-14-15-22(19-10-4-2-5-11-19)23(17-21)20-12-6-3-7-13-20/h3,6-9,12-17,19H,2,4-5,10-11H2,1H3. The molecule has 0 bridgehead atoms. The van der Waals surface area contributed by atoms with Gasteiger partial charge in [-0.15, -0.1) is 0 Å². The van der Waals surface area contributed by atoms with Crippen molar-refractivity contribution in [2.24, 2.45) is 0 Å². The van der Waals surface area contributed by atoms with Crippen LogP contribution in [0.4, 0.5) is 0 Å². The lowest BCUT2D eigenvalue weighted by atomic mass is 9.80. The molecule has 1 aromatic heterocycles. The van der Waals surface area contributed by atoms with Crippen LogP contribution in [0, 0.1) is 6.92 Å². The maximum absolute atomic E-state index is 4.63. The molecular formula is C24H25N. The fourth-order valence-corrected chi connectivity index (χ4v) is 4.13. The first-order chi connectivity index (χ1) is 12.3. The molecule has 0 N–H and O–H groups in total. The molecule has 1 heterocycles. The molecule has 1 aliphatic rings. The highest BCUT2D eigenvalue weighted by Gasteiger charge is 2.20. The highest BCUT2D eigenvalue weighted by molar-refractivity contribution is 5.75. The Morgan fingerprint density at radius 3 is 2.36 bits per heavy atom. The van der Waals surface area contributed by atoms with Gasteiger partial charge in [0.1, 0.15) is 0 Å². The molecule has 1 fully saturated rings. The van der Waals surface area contributed by atoms with Crippen molar-refractivity contribution in [3.8, 4) is 22.4 Å². The fourth-order valence-electron chi connectivity index (χ4n) is 4.13. The molecule has 1 aliphatic carbocycles. The predicted molar refractivity (Wildman–Crippen MR) is 106 cm³/mol. The van der Waals surface area contributed by atoms with Crippen LogP contribution in [-0.4, -0.2) is 4.98 Å². The molecule has 0 saturated heterocycles. The highest BCUT2D eigenvalue weighted by atomic mass is 14.7. The first kappa shape index (κ1) is 16.1. The van der Waals surface area contributed by atoms with Crippen LogP contribution in [0.1, 0.15) is 49.1 Å². The van der Waals surface area contributed by atoms with Gasteiger partial charge in [0.15, 0.2) is 0 Å². The van der Waals surface area contributed by atoms with Crippen LogP contribution in [0.5, 0.6) is 0 Å². The Labute approximate surface area is 150 Å². The van der Waals surface area contributed by atoms with Crippen LogP contribution < -0.4 is 0 Å². The summed E-state index contributed by atoms with van der Waals surface area (Å²) >= 11 is 0. The Hall–Kier alpha value is -2.41. The maximum Gasteiger partial charge on any atom is 0.0731 e. The van der Waals surface area contributed by atoms with Crippen molar-refractivity contribution in [2.45, 2.75) is 44.9 Å². The van der Waals surface area contributed by atoms with Crippen molar-refractivity contribution in [2.75, 3.05) is 0 Å². The molecule has 0 atom stereocenters. The molecule has 126 valence electrons. The molecular weight excluding hydrogens is 302 g/mol. The largest absolute Gasteiger partial charge is 0.256 e. The third-order valence-corrected chi connectivity index (χ3v) is 5.47. The third kappa shape index (κ3) is 3.37. The number of nitrogens with zero attached hydrogens (tertiary/aromatic N) is 1. The van der Waals surface area contributed by atoms with Crippen molar-refractivity contribution >= 4 is 0 Å². The molecule has 0 unspecified atom stereocenters. The highest BCUT2D eigenvalue weighted by Crippen LogP contribution is 2.40. The normalized spacial score (nSPS) is 15.2. The summed E-state index contributed by atoms with van der Waals surface area (Å²) in [5.41, 5.74) is 7.76. The molecule has 25 heavy (non-hydrogen) atoms. The van der Waals surface area contributed by atoms with E-state index in [0.717, 1.165) is 5.69 Å². The lowest BCUT2D eigenvalue weighted by Gasteiger charge is -2.25. The second-order valence-corrected chi connectivity index (χ2v) is 7.17. The van der Waals surface area contributed by atoms with Crippen molar-refractivity contribution < 1.29 is 0 Å². The van der Waals surface area contributed by atoms with Crippen LogP contribution in [-0.2, 0) is 0 Å². The van der Waals surface area contributed by atoms with Gasteiger partial charge in [0.2, 0.25) is 0 Å². The summed E-state index contributed by atoms with van der Waals surface area (Å²) in [5, 5.41) is 0. The minimum atomic E-state index is 0.697. The summed E-state index contributed by atoms with van der Waals surface area (Å²) in [7, 11) is 0. The van der Waals surface area contributed by atoms with E-state index < -0.39 is 0 Å². The van der Waals surface area contributed by atoms with Crippen LogP contribution in [0.25, 0.3) is 22.4 Å². The zero-order valence-corrected chi connectivity index (χ0v) is 14.9. The average Bonchev–Trinajstić information content (AvgIpc) is 2.69. The van der Waals surface area contributed by atoms with Gasteiger partial charge in [-0.05, 0) is 60.1 Å². The van der Waals surface area contributed by atoms with E-state index in [1.54, 1.807) is 0 Å². The molecule has 1 nitrogen and oxygen atoms in total. The van der Waals surface area contributed by atoms with Gasteiger partial charge in [0, 0.05) is 11.8 Å². The second-order valence-electron chi connectivity index (χ2n) is 7.17. The van der Waals surface area contributed by atoms with Crippen LogP contribution >= 0.6 is 0 Å². The fraction of sp³-hybridized carbons (Fsp3) is 0.292. The number of aromatic nitrogens is 1. The lowest BCUT2D eigenvalue weighted by molar-refractivity contribution is 0.444. The number of benzene rings is 2. The first-order valence-electron chi connectivity index (χ1n) is 9.44. The number of hydrogen-bond acceptors (Lipinski definition) is 1. The SMILES string of the molecule is Cc1cccnc1-c1ccc(C2CCCCC2)c(-c2ccccc2)c1. The first-order valence-corrected chi connectivity index (χ1v) is 9.44. The lowest BCUT2D eigenvalue weighted by Crippen LogP contribution is -2.06. The molecule has 2 aromatic carbocycles. The molecule has 1 saturated carbocycles. The topological polar surface area (TPSA) is 12.9 Å². The Balaban J connectivity index is 1.84. The summed E-state index contributed by atoms with van der Waals surface area (Å²) in [6.07, 6.45) is 8.64. The van der Waals surface area contributed by atoms with Crippen molar-refractivity contribution in [1.82, 2.24) is 4.98 Å². The summed E-state index contributed by atoms with van der Waals surface area (Å²) in [6, 6.07) is 22.0. The predicted octanol–water partition coefficient (Wildman–Crippen LogP) is 6.77. The number of aryl methyl sites for hydroxylation is 1. The molecule has 0 spiro atoms. The molecule has 0 aliphatic heterocycles. The second kappa shape index (κ2) is 7.23. The van der Waals surface area contributed by atoms with E-state index in [1.165, 1.54) is 59.9 Å². The quantitative estimate of drug-likeness (QED) is 0.517. The molecule has 4 rings (SSSR count). The number of hydrogen-bond donors (Lipinski definition) is 0. The summed E-state index contributed by atoms with van der Waals surface area (Å²) in [4.78, 5) is 4.63. The molecule has 0 radical (unpaired) electrons. The van der Waals surface area contributed by atoms with E-state index in [4.69, 9.17) is 0 Å². The van der Waals surface area contributed by atoms with Gasteiger partial charge < -0.3 is 0 Å². The zero-order chi connectivity index (χ0) is 17.1. The van der Waals surface area contributed by atoms with E-state index >= 15 is 0 Å². The van der Waals surface area contributed by atoms with Crippen molar-refractivity contribution in [3.05, 3.63) is 78.0 Å². The van der Waals surface area contributed by atoms with Gasteiger partial charge in [0.25, 0.3) is 0 Å². The van der Waals surface area contributed by atoms with Crippen molar-refractivity contribution in [3.63, 3.8) is 0 Å². The van der Waals surface area contributed by atoms with Crippen LogP contribution in [0.15, 0.2) is 66.9 Å². The number of pyridine rings is 1. The van der Waals surface area contributed by atoms with Crippen LogP contribution in [0.3, 0.4) is 0 Å². The minimum absolute atomic E-state index is 0.697. The van der Waals surface area contributed by atoms with Gasteiger partial charge in [-0.3, -0.25) is 4.98 Å². The van der Waals surface area contributed by atoms with E-state index in [2.05, 4.69) is 66.5 Å². The van der Waals surface area contributed by atoms with Gasteiger partial charge in [0.05, 0.1) is 5.69 Å². The smallest absolute Gasteiger partial charge is 0.0731 e. The van der Waals surface area contributed by atoms with Crippen molar-refractivity contribution in [1.29, 1.82) is 0 Å². The van der Waals surface area contributed by atoms with Gasteiger partial charge in [-0.1, -0.05) is 67.8 Å². The average molecular weight is 327 g/mol.